The number of halogens is 3. The van der Waals surface area contributed by atoms with Crippen molar-refractivity contribution in [2.24, 2.45) is 5.92 Å². The van der Waals surface area contributed by atoms with E-state index in [4.69, 9.17) is 27.9 Å². The van der Waals surface area contributed by atoms with E-state index in [0.717, 1.165) is 0 Å². The Hall–Kier alpha value is -2.90. The van der Waals surface area contributed by atoms with Crippen LogP contribution in [0.1, 0.15) is 30.3 Å². The first kappa shape index (κ1) is 23.3. The molecule has 2 heterocycles. The van der Waals surface area contributed by atoms with Crippen molar-refractivity contribution >= 4 is 35.1 Å². The Kier molecular flexibility index (Phi) is 7.00. The minimum Gasteiger partial charge on any atom is -0.466 e. The van der Waals surface area contributed by atoms with Crippen molar-refractivity contribution in [3.05, 3.63) is 70.1 Å². The average molecular weight is 490 g/mol. The molecule has 0 aliphatic carbocycles. The molecule has 0 N–H and O–H groups in total. The number of carbonyl (C=O) groups is 2. The molecule has 6 nitrogen and oxygen atoms in total. The third-order valence-electron chi connectivity index (χ3n) is 5.62. The normalized spacial score (nSPS) is 14.4. The van der Waals surface area contributed by atoms with Gasteiger partial charge >= 0.3 is 5.97 Å². The van der Waals surface area contributed by atoms with Gasteiger partial charge in [-0.15, -0.1) is 0 Å². The van der Waals surface area contributed by atoms with Crippen LogP contribution < -0.4 is 0 Å². The highest BCUT2D eigenvalue weighted by molar-refractivity contribution is 6.42. The molecule has 9 heteroatoms. The minimum atomic E-state index is -0.358. The summed E-state index contributed by atoms with van der Waals surface area (Å²) in [4.78, 5) is 27.2. The number of amides is 1. The second kappa shape index (κ2) is 9.93. The molecule has 172 valence electrons. The number of hydrogen-bond donors (Lipinski definition) is 0. The van der Waals surface area contributed by atoms with Crippen molar-refractivity contribution in [1.82, 2.24) is 14.7 Å². The quantitative estimate of drug-likeness (QED) is 0.450. The highest BCUT2D eigenvalue weighted by Crippen LogP contribution is 2.28. The van der Waals surface area contributed by atoms with Crippen LogP contribution in [0.3, 0.4) is 0 Å². The molecular formula is C24H22Cl2FN3O3. The average Bonchev–Trinajstić information content (AvgIpc) is 3.26. The maximum Gasteiger partial charge on any atom is 0.309 e. The van der Waals surface area contributed by atoms with Gasteiger partial charge in [-0.2, -0.15) is 5.10 Å². The van der Waals surface area contributed by atoms with Crippen LogP contribution >= 0.6 is 23.2 Å². The number of likely N-dealkylation sites (tertiary alicyclic amines) is 1. The molecule has 1 aliphatic rings. The molecule has 1 amide bonds. The summed E-state index contributed by atoms with van der Waals surface area (Å²) in [6.45, 7) is 2.98. The molecule has 0 bridgehead atoms. The van der Waals surface area contributed by atoms with Gasteiger partial charge in [0.1, 0.15) is 11.5 Å². The maximum atomic E-state index is 13.5. The number of carbonyl (C=O) groups excluding carboxylic acids is 2. The van der Waals surface area contributed by atoms with Gasteiger partial charge in [0, 0.05) is 18.7 Å². The Labute approximate surface area is 200 Å². The minimum absolute atomic E-state index is 0.205. The summed E-state index contributed by atoms with van der Waals surface area (Å²) in [6.07, 6.45) is 1.08. The van der Waals surface area contributed by atoms with Crippen LogP contribution in [0.15, 0.2) is 48.5 Å². The lowest BCUT2D eigenvalue weighted by Gasteiger charge is -2.30. The van der Waals surface area contributed by atoms with Crippen molar-refractivity contribution in [2.45, 2.75) is 19.8 Å². The standard InChI is InChI=1S/C24H22Cl2FN3O3/c1-2-33-24(32)16-9-11-29(12-10-16)23(31)22-14-21(15-3-5-17(27)6-4-15)28-30(22)18-7-8-19(25)20(26)13-18/h3-8,13-14,16H,2,9-12H2,1H3. The molecular weight excluding hydrogens is 468 g/mol. The zero-order chi connectivity index (χ0) is 23.5. The lowest BCUT2D eigenvalue weighted by Crippen LogP contribution is -2.41. The Morgan fingerprint density at radius 2 is 1.76 bits per heavy atom. The predicted octanol–water partition coefficient (Wildman–Crippen LogP) is 5.40. The lowest BCUT2D eigenvalue weighted by atomic mass is 9.97. The van der Waals surface area contributed by atoms with Crippen LogP contribution in [0.4, 0.5) is 4.39 Å². The van der Waals surface area contributed by atoms with Crippen molar-refractivity contribution in [3.63, 3.8) is 0 Å². The van der Waals surface area contributed by atoms with Crippen LogP contribution in [-0.2, 0) is 9.53 Å². The maximum absolute atomic E-state index is 13.5. The molecule has 3 aromatic rings. The van der Waals surface area contributed by atoms with Gasteiger partial charge in [0.05, 0.1) is 34.0 Å². The number of piperidine rings is 1. The van der Waals surface area contributed by atoms with Crippen LogP contribution in [0.5, 0.6) is 0 Å². The van der Waals surface area contributed by atoms with E-state index >= 15 is 0 Å². The fourth-order valence-electron chi connectivity index (χ4n) is 3.85. The highest BCUT2D eigenvalue weighted by atomic mass is 35.5. The van der Waals surface area contributed by atoms with Crippen LogP contribution in [0, 0.1) is 11.7 Å². The number of hydrogen-bond acceptors (Lipinski definition) is 4. The number of rotatable bonds is 5. The molecule has 0 atom stereocenters. The Balaban J connectivity index is 1.66. The smallest absolute Gasteiger partial charge is 0.309 e. The Bertz CT molecular complexity index is 1170. The largest absolute Gasteiger partial charge is 0.466 e. The third kappa shape index (κ3) is 5.04. The molecule has 4 rings (SSSR count). The van der Waals surface area contributed by atoms with Gasteiger partial charge < -0.3 is 9.64 Å². The predicted molar refractivity (Wildman–Crippen MR) is 124 cm³/mol. The summed E-state index contributed by atoms with van der Waals surface area (Å²) < 4.78 is 20.0. The van der Waals surface area contributed by atoms with E-state index in [-0.39, 0.29) is 23.6 Å². The van der Waals surface area contributed by atoms with Gasteiger partial charge in [0.15, 0.2) is 0 Å². The fourth-order valence-corrected chi connectivity index (χ4v) is 4.14. The lowest BCUT2D eigenvalue weighted by molar-refractivity contribution is -0.149. The zero-order valence-electron chi connectivity index (χ0n) is 17.9. The number of esters is 1. The van der Waals surface area contributed by atoms with E-state index in [1.54, 1.807) is 48.2 Å². The van der Waals surface area contributed by atoms with Gasteiger partial charge in [-0.25, -0.2) is 9.07 Å². The fraction of sp³-hybridized carbons (Fsp3) is 0.292. The molecule has 1 saturated heterocycles. The van der Waals surface area contributed by atoms with E-state index < -0.39 is 0 Å². The van der Waals surface area contributed by atoms with Crippen LogP contribution in [-0.4, -0.2) is 46.3 Å². The molecule has 1 fully saturated rings. The van der Waals surface area contributed by atoms with Gasteiger partial charge in [-0.1, -0.05) is 23.2 Å². The molecule has 0 radical (unpaired) electrons. The zero-order valence-corrected chi connectivity index (χ0v) is 19.4. The van der Waals surface area contributed by atoms with E-state index in [0.29, 0.717) is 65.2 Å². The molecule has 0 saturated carbocycles. The van der Waals surface area contributed by atoms with Crippen molar-refractivity contribution < 1.29 is 18.7 Å². The SMILES string of the molecule is CCOC(=O)C1CCN(C(=O)c2cc(-c3ccc(F)cc3)nn2-c2ccc(Cl)c(Cl)c2)CC1. The second-order valence-corrected chi connectivity index (χ2v) is 8.56. The summed E-state index contributed by atoms with van der Waals surface area (Å²) in [7, 11) is 0. The molecule has 0 unspecified atom stereocenters. The van der Waals surface area contributed by atoms with E-state index in [1.807, 2.05) is 0 Å². The van der Waals surface area contributed by atoms with Gasteiger partial charge in [-0.05, 0) is 68.3 Å². The molecule has 2 aromatic carbocycles. The van der Waals surface area contributed by atoms with E-state index in [1.165, 1.54) is 16.8 Å². The number of nitrogens with zero attached hydrogens (tertiary/aromatic N) is 3. The third-order valence-corrected chi connectivity index (χ3v) is 6.36. The first-order chi connectivity index (χ1) is 15.9. The first-order valence-corrected chi connectivity index (χ1v) is 11.4. The number of aromatic nitrogens is 2. The summed E-state index contributed by atoms with van der Waals surface area (Å²) in [6, 6.07) is 12.6. The number of ether oxygens (including phenoxy) is 1. The highest BCUT2D eigenvalue weighted by Gasteiger charge is 2.30. The number of benzene rings is 2. The van der Waals surface area contributed by atoms with Crippen LogP contribution in [0.2, 0.25) is 10.0 Å². The van der Waals surface area contributed by atoms with Crippen LogP contribution in [0.25, 0.3) is 16.9 Å². The first-order valence-electron chi connectivity index (χ1n) is 10.6. The van der Waals surface area contributed by atoms with Crippen molar-refractivity contribution in [1.29, 1.82) is 0 Å². The van der Waals surface area contributed by atoms with Gasteiger partial charge in [-0.3, -0.25) is 9.59 Å². The summed E-state index contributed by atoms with van der Waals surface area (Å²) in [5.74, 6) is -1.000. The molecule has 33 heavy (non-hydrogen) atoms. The van der Waals surface area contributed by atoms with Gasteiger partial charge in [0.2, 0.25) is 0 Å². The summed E-state index contributed by atoms with van der Waals surface area (Å²) >= 11 is 12.3. The Morgan fingerprint density at radius 3 is 2.39 bits per heavy atom. The van der Waals surface area contributed by atoms with E-state index in [9.17, 15) is 14.0 Å². The second-order valence-electron chi connectivity index (χ2n) is 7.75. The summed E-state index contributed by atoms with van der Waals surface area (Å²) in [5, 5.41) is 5.33. The molecule has 1 aliphatic heterocycles. The van der Waals surface area contributed by atoms with Gasteiger partial charge in [0.25, 0.3) is 5.91 Å². The molecule has 0 spiro atoms. The molecule has 1 aromatic heterocycles. The van der Waals surface area contributed by atoms with E-state index in [2.05, 4.69) is 5.10 Å². The monoisotopic (exact) mass is 489 g/mol. The van der Waals surface area contributed by atoms with Crippen molar-refractivity contribution in [2.75, 3.05) is 19.7 Å². The van der Waals surface area contributed by atoms with Crippen molar-refractivity contribution in [3.8, 4) is 16.9 Å². The topological polar surface area (TPSA) is 64.4 Å². The summed E-state index contributed by atoms with van der Waals surface area (Å²) in [5.41, 5.74) is 2.10. The Morgan fingerprint density at radius 1 is 1.06 bits per heavy atom.